The molecule has 0 aromatic heterocycles. The average molecular weight is 248 g/mol. The normalized spacial score (nSPS) is 32.4. The maximum Gasteiger partial charge on any atom is 0.273 e. The molecule has 0 N–H and O–H groups in total. The lowest BCUT2D eigenvalue weighted by molar-refractivity contribution is -0.769. The highest BCUT2D eigenvalue weighted by Gasteiger charge is 2.36. The fraction of sp³-hybridized carbons (Fsp3) is 0.143. The van der Waals surface area contributed by atoms with E-state index in [1.807, 2.05) is 13.2 Å². The molecular weight excluding hydrogens is 241 g/mol. The second-order valence-electron chi connectivity index (χ2n) is 2.69. The van der Waals surface area contributed by atoms with Crippen LogP contribution in [0.3, 0.4) is 0 Å². The second-order valence-corrected chi connectivity index (χ2v) is 3.93. The van der Waals surface area contributed by atoms with Crippen LogP contribution in [-0.2, 0) is 0 Å². The first-order chi connectivity index (χ1) is 5.62. The number of allylic oxidation sites excluding steroid dienone is 1. The van der Waals surface area contributed by atoms with Crippen molar-refractivity contribution in [2.75, 3.05) is 7.05 Å². The van der Waals surface area contributed by atoms with Gasteiger partial charge in [-0.25, -0.2) is 0 Å². The van der Waals surface area contributed by atoms with Crippen molar-refractivity contribution in [3.8, 4) is 0 Å². The number of aliphatic imine (C=N–C) groups is 1. The Morgan fingerprint density at radius 1 is 1.58 bits per heavy atom. The van der Waals surface area contributed by atoms with Gasteiger partial charge in [-0.2, -0.15) is 4.99 Å². The van der Waals surface area contributed by atoms with Crippen LogP contribution in [0.5, 0.6) is 0 Å². The predicted octanol–water partition coefficient (Wildman–Crippen LogP) is 2.16. The zero-order chi connectivity index (χ0) is 8.77. The molecule has 12 heavy (non-hydrogen) atoms. The number of hydrogen-bond acceptors (Lipinski definition) is 2. The summed E-state index contributed by atoms with van der Waals surface area (Å²) in [5.41, 5.74) is 0. The van der Waals surface area contributed by atoms with Gasteiger partial charge < -0.3 is 0 Å². The predicted molar refractivity (Wildman–Crippen MR) is 53.1 cm³/mol. The van der Waals surface area contributed by atoms with E-state index >= 15 is 0 Å². The summed E-state index contributed by atoms with van der Waals surface area (Å²) in [7, 11) is 1.92. The SMILES string of the molecule is C[N+]12C=CN=C1C(Br)=CC(Cl)=N2. The first-order valence-corrected chi connectivity index (χ1v) is 4.54. The molecule has 5 heteroatoms. The zero-order valence-electron chi connectivity index (χ0n) is 6.33. The van der Waals surface area contributed by atoms with Crippen LogP contribution in [0, 0.1) is 0 Å². The van der Waals surface area contributed by atoms with E-state index in [4.69, 9.17) is 11.6 Å². The number of fused-ring (bicyclic) bond motifs is 1. The lowest BCUT2D eigenvalue weighted by atomic mass is 10.4. The molecule has 0 saturated heterocycles. The van der Waals surface area contributed by atoms with Gasteiger partial charge in [-0.15, -0.1) is 4.59 Å². The van der Waals surface area contributed by atoms with E-state index in [1.165, 1.54) is 0 Å². The van der Waals surface area contributed by atoms with E-state index < -0.39 is 0 Å². The topological polar surface area (TPSA) is 24.7 Å². The van der Waals surface area contributed by atoms with Gasteiger partial charge >= 0.3 is 0 Å². The van der Waals surface area contributed by atoms with Gasteiger partial charge in [-0.1, -0.05) is 16.7 Å². The molecular formula is C7H6BrClN3+. The molecule has 2 aliphatic heterocycles. The Bertz CT molecular complexity index is 356. The summed E-state index contributed by atoms with van der Waals surface area (Å²) in [5, 5.41) is 4.70. The number of rotatable bonds is 0. The van der Waals surface area contributed by atoms with E-state index in [9.17, 15) is 0 Å². The maximum atomic E-state index is 5.81. The summed E-state index contributed by atoms with van der Waals surface area (Å²) in [4.78, 5) is 4.17. The summed E-state index contributed by atoms with van der Waals surface area (Å²) >= 11 is 9.19. The molecule has 2 heterocycles. The third-order valence-electron chi connectivity index (χ3n) is 1.75. The quantitative estimate of drug-likeness (QED) is 0.586. The first kappa shape index (κ1) is 8.16. The zero-order valence-corrected chi connectivity index (χ0v) is 8.67. The Morgan fingerprint density at radius 2 is 2.33 bits per heavy atom. The summed E-state index contributed by atoms with van der Waals surface area (Å²) in [6.45, 7) is 0. The summed E-state index contributed by atoms with van der Waals surface area (Å²) < 4.78 is 1.19. The van der Waals surface area contributed by atoms with E-state index in [0.29, 0.717) is 9.76 Å². The van der Waals surface area contributed by atoms with Crippen molar-refractivity contribution in [3.05, 3.63) is 23.0 Å². The molecule has 3 nitrogen and oxygen atoms in total. The summed E-state index contributed by atoms with van der Waals surface area (Å²) in [6.07, 6.45) is 5.34. The standard InChI is InChI=1S/C7H6BrClN3/c1-12-3-2-10-7(12)5(8)4-6(9)11-12/h2-4H,1H3/q+1. The van der Waals surface area contributed by atoms with E-state index in [-0.39, 0.29) is 0 Å². The number of nitrogens with zero attached hydrogens (tertiary/aromatic N) is 3. The number of amidine groups is 1. The molecule has 0 radical (unpaired) electrons. The van der Waals surface area contributed by atoms with Crippen molar-refractivity contribution < 1.29 is 4.59 Å². The van der Waals surface area contributed by atoms with Crippen LogP contribution in [0.4, 0.5) is 0 Å². The molecule has 0 amide bonds. The monoisotopic (exact) mass is 246 g/mol. The number of quaternary nitrogens is 1. The van der Waals surface area contributed by atoms with Crippen molar-refractivity contribution in [1.82, 2.24) is 0 Å². The third-order valence-corrected chi connectivity index (χ3v) is 2.51. The van der Waals surface area contributed by atoms with Gasteiger partial charge in [-0.3, -0.25) is 0 Å². The average Bonchev–Trinajstić information content (AvgIpc) is 2.29. The smallest absolute Gasteiger partial charge is 0.196 e. The highest BCUT2D eigenvalue weighted by atomic mass is 79.9. The minimum atomic E-state index is 0.302. The molecule has 62 valence electrons. The van der Waals surface area contributed by atoms with E-state index in [2.05, 4.69) is 26.0 Å². The van der Waals surface area contributed by atoms with Gasteiger partial charge in [0.2, 0.25) is 0 Å². The molecule has 0 bridgehead atoms. The minimum Gasteiger partial charge on any atom is -0.196 e. The molecule has 0 aromatic rings. The molecule has 0 spiro atoms. The molecule has 1 atom stereocenters. The van der Waals surface area contributed by atoms with Gasteiger partial charge in [0.1, 0.15) is 17.7 Å². The van der Waals surface area contributed by atoms with Gasteiger partial charge in [0.25, 0.3) is 5.84 Å². The van der Waals surface area contributed by atoms with Crippen LogP contribution in [0.1, 0.15) is 0 Å². The fourth-order valence-corrected chi connectivity index (χ4v) is 2.25. The Balaban J connectivity index is 2.56. The highest BCUT2D eigenvalue weighted by molar-refractivity contribution is 9.12. The third kappa shape index (κ3) is 1.07. The Labute approximate surface area is 83.4 Å². The van der Waals surface area contributed by atoms with E-state index in [0.717, 1.165) is 10.3 Å². The van der Waals surface area contributed by atoms with Crippen molar-refractivity contribution in [1.29, 1.82) is 0 Å². The first-order valence-electron chi connectivity index (χ1n) is 3.37. The Hall–Kier alpha value is -0.450. The molecule has 0 aliphatic carbocycles. The van der Waals surface area contributed by atoms with Gasteiger partial charge in [0.05, 0.1) is 6.20 Å². The lowest BCUT2D eigenvalue weighted by Crippen LogP contribution is -2.39. The van der Waals surface area contributed by atoms with Crippen LogP contribution in [-0.4, -0.2) is 22.6 Å². The summed E-state index contributed by atoms with van der Waals surface area (Å²) in [5.74, 6) is 0.861. The van der Waals surface area contributed by atoms with Gasteiger partial charge in [-0.05, 0) is 15.9 Å². The molecule has 2 rings (SSSR count). The largest absolute Gasteiger partial charge is 0.273 e. The molecule has 0 fully saturated rings. The number of halogens is 2. The van der Waals surface area contributed by atoms with Crippen molar-refractivity contribution in [2.24, 2.45) is 10.1 Å². The second kappa shape index (κ2) is 2.52. The summed E-state index contributed by atoms with van der Waals surface area (Å²) in [6, 6.07) is 0. The van der Waals surface area contributed by atoms with Gasteiger partial charge in [0, 0.05) is 6.08 Å². The highest BCUT2D eigenvalue weighted by Crippen LogP contribution is 2.27. The van der Waals surface area contributed by atoms with Crippen LogP contribution in [0.2, 0.25) is 0 Å². The van der Waals surface area contributed by atoms with Crippen molar-refractivity contribution >= 4 is 38.5 Å². The number of hydrogen-bond donors (Lipinski definition) is 0. The van der Waals surface area contributed by atoms with Crippen LogP contribution in [0.15, 0.2) is 33.1 Å². The van der Waals surface area contributed by atoms with Crippen molar-refractivity contribution in [3.63, 3.8) is 0 Å². The lowest BCUT2D eigenvalue weighted by Gasteiger charge is -2.22. The number of likely N-dealkylation sites (N-methyl/N-ethyl adjacent to an activating group) is 1. The minimum absolute atomic E-state index is 0.302. The van der Waals surface area contributed by atoms with Crippen LogP contribution in [0.25, 0.3) is 0 Å². The van der Waals surface area contributed by atoms with Crippen LogP contribution >= 0.6 is 27.5 Å². The van der Waals surface area contributed by atoms with Crippen LogP contribution < -0.4 is 0 Å². The Morgan fingerprint density at radius 3 is 3.08 bits per heavy atom. The fourth-order valence-electron chi connectivity index (χ4n) is 1.18. The molecule has 0 saturated carbocycles. The molecule has 2 aliphatic rings. The molecule has 0 aromatic carbocycles. The van der Waals surface area contributed by atoms with Gasteiger partial charge in [0.15, 0.2) is 5.17 Å². The Kier molecular flexibility index (Phi) is 1.71. The van der Waals surface area contributed by atoms with Crippen molar-refractivity contribution in [2.45, 2.75) is 0 Å². The van der Waals surface area contributed by atoms with E-state index in [1.54, 1.807) is 12.3 Å². The molecule has 1 unspecified atom stereocenters. The maximum absolute atomic E-state index is 5.81.